The summed E-state index contributed by atoms with van der Waals surface area (Å²) in [5.74, 6) is 1.65. The van der Waals surface area contributed by atoms with Gasteiger partial charge in [-0.15, -0.1) is 6.42 Å². The number of nitrogen functional groups attached to an aromatic ring is 1. The molecule has 5 N–H and O–H groups in total. The molecule has 0 aromatic carbocycles. The van der Waals surface area contributed by atoms with Gasteiger partial charge in [0, 0.05) is 0 Å². The zero-order valence-electron chi connectivity index (χ0n) is 11.1. The highest BCUT2D eigenvalue weighted by Gasteiger charge is 2.57. The van der Waals surface area contributed by atoms with Gasteiger partial charge in [-0.1, -0.05) is 5.92 Å². The van der Waals surface area contributed by atoms with Crippen LogP contribution < -0.4 is 11.3 Å². The smallest absolute Gasteiger partial charge is 0.280 e. The quantitative estimate of drug-likeness (QED) is 0.484. The van der Waals surface area contributed by atoms with Crippen LogP contribution in [0.4, 0.5) is 10.3 Å². The number of H-pyrrole nitrogens is 1. The normalized spacial score (nSPS) is 31.5. The number of nitrogens with zero attached hydrogens (tertiary/aromatic N) is 3. The number of rotatable bonds is 2. The van der Waals surface area contributed by atoms with Gasteiger partial charge in [0.25, 0.3) is 5.56 Å². The van der Waals surface area contributed by atoms with Crippen molar-refractivity contribution >= 4 is 17.1 Å². The Morgan fingerprint density at radius 3 is 3.05 bits per heavy atom. The number of hydrogen-bond acceptors (Lipinski definition) is 7. The number of imidazole rings is 1. The van der Waals surface area contributed by atoms with Crippen molar-refractivity contribution in [2.75, 3.05) is 12.3 Å². The van der Waals surface area contributed by atoms with Crippen LogP contribution in [0.2, 0.25) is 0 Å². The standard InChI is InChI=1S/C12H12FN5O4/c1-2-12(13)7(20)5(3-19)22-10(12)18-4-15-6-8(18)16-11(14)17-9(6)21/h1,4-5,7,10,19-20H,3H2,(H3,14,16,17,21)/t5?,7-,10?,12?/m0/s1. The molecule has 1 fully saturated rings. The van der Waals surface area contributed by atoms with Crippen LogP contribution in [0, 0.1) is 12.3 Å². The topological polar surface area (TPSA) is 139 Å². The predicted molar refractivity (Wildman–Crippen MR) is 72.2 cm³/mol. The van der Waals surface area contributed by atoms with E-state index in [0.29, 0.717) is 0 Å². The number of alkyl halides is 1. The number of aliphatic hydroxyl groups is 2. The van der Waals surface area contributed by atoms with Gasteiger partial charge >= 0.3 is 0 Å². The number of aromatic nitrogens is 4. The summed E-state index contributed by atoms with van der Waals surface area (Å²) in [4.78, 5) is 21.7. The van der Waals surface area contributed by atoms with E-state index in [1.54, 1.807) is 0 Å². The number of aliphatic hydroxyl groups excluding tert-OH is 2. The SMILES string of the molecule is C#CC1(F)C(n2cnc3c(=O)[nH]c(N)nc32)OC(CO)[C@@H]1O. The van der Waals surface area contributed by atoms with Crippen LogP contribution in [0.25, 0.3) is 11.2 Å². The fourth-order valence-corrected chi connectivity index (χ4v) is 2.44. The summed E-state index contributed by atoms with van der Waals surface area (Å²) in [6.45, 7) is -0.631. The van der Waals surface area contributed by atoms with Gasteiger partial charge in [0.2, 0.25) is 11.6 Å². The molecule has 22 heavy (non-hydrogen) atoms. The summed E-state index contributed by atoms with van der Waals surface area (Å²) in [6.07, 6.45) is 1.81. The Morgan fingerprint density at radius 2 is 2.41 bits per heavy atom. The van der Waals surface area contributed by atoms with E-state index in [2.05, 4.69) is 15.0 Å². The highest BCUT2D eigenvalue weighted by Crippen LogP contribution is 2.41. The lowest BCUT2D eigenvalue weighted by Gasteiger charge is -2.23. The number of nitrogens with two attached hydrogens (primary N) is 1. The van der Waals surface area contributed by atoms with Gasteiger partial charge in [-0.2, -0.15) is 4.98 Å². The zero-order valence-corrected chi connectivity index (χ0v) is 11.1. The number of terminal acetylenes is 1. The Morgan fingerprint density at radius 1 is 1.68 bits per heavy atom. The third-order valence-corrected chi connectivity index (χ3v) is 3.55. The Bertz CT molecular complexity index is 827. The molecular formula is C12H12FN5O4. The number of anilines is 1. The van der Waals surface area contributed by atoms with E-state index in [4.69, 9.17) is 22.0 Å². The summed E-state index contributed by atoms with van der Waals surface area (Å²) < 4.78 is 21.3. The second kappa shape index (κ2) is 4.77. The third kappa shape index (κ3) is 1.80. The number of ether oxygens (including phenoxy) is 1. The van der Waals surface area contributed by atoms with E-state index in [1.807, 2.05) is 5.92 Å². The predicted octanol–water partition coefficient (Wildman–Crippen LogP) is -1.71. The molecule has 0 amide bonds. The molecule has 4 atom stereocenters. The number of aromatic amines is 1. The van der Waals surface area contributed by atoms with E-state index in [0.717, 1.165) is 10.9 Å². The molecule has 3 unspecified atom stereocenters. The van der Waals surface area contributed by atoms with Crippen LogP contribution in [0.1, 0.15) is 6.23 Å². The number of halogens is 1. The van der Waals surface area contributed by atoms with Crippen LogP contribution in [0.3, 0.4) is 0 Å². The molecular weight excluding hydrogens is 297 g/mol. The molecule has 2 aromatic rings. The molecule has 9 nitrogen and oxygen atoms in total. The molecule has 2 aromatic heterocycles. The maximum Gasteiger partial charge on any atom is 0.280 e. The molecule has 0 radical (unpaired) electrons. The summed E-state index contributed by atoms with van der Waals surface area (Å²) in [5, 5.41) is 19.1. The molecule has 0 saturated carbocycles. The van der Waals surface area contributed by atoms with E-state index in [-0.39, 0.29) is 17.1 Å². The van der Waals surface area contributed by atoms with Crippen LogP contribution in [0.15, 0.2) is 11.1 Å². The first-order chi connectivity index (χ1) is 10.4. The molecule has 10 heteroatoms. The number of fused-ring (bicyclic) bond motifs is 1. The van der Waals surface area contributed by atoms with Crippen LogP contribution in [0.5, 0.6) is 0 Å². The highest BCUT2D eigenvalue weighted by atomic mass is 19.1. The zero-order chi connectivity index (χ0) is 16.1. The lowest BCUT2D eigenvalue weighted by atomic mass is 9.97. The van der Waals surface area contributed by atoms with Gasteiger partial charge in [-0.05, 0) is 0 Å². The first-order valence-corrected chi connectivity index (χ1v) is 6.25. The molecule has 1 saturated heterocycles. The molecule has 3 rings (SSSR count). The average molecular weight is 309 g/mol. The molecule has 1 aliphatic heterocycles. The number of nitrogens with one attached hydrogen (secondary N) is 1. The first-order valence-electron chi connectivity index (χ1n) is 6.25. The summed E-state index contributed by atoms with van der Waals surface area (Å²) in [5.41, 5.74) is 2.10. The molecule has 0 aliphatic carbocycles. The molecule has 3 heterocycles. The minimum absolute atomic E-state index is 0.0469. The van der Waals surface area contributed by atoms with E-state index < -0.39 is 36.3 Å². The largest absolute Gasteiger partial charge is 0.394 e. The van der Waals surface area contributed by atoms with Crippen molar-refractivity contribution in [1.29, 1.82) is 0 Å². The minimum Gasteiger partial charge on any atom is -0.394 e. The average Bonchev–Trinajstić information content (AvgIpc) is 3.00. The Kier molecular flexibility index (Phi) is 3.13. The molecule has 0 bridgehead atoms. The Balaban J connectivity index is 2.19. The van der Waals surface area contributed by atoms with Gasteiger partial charge in [-0.3, -0.25) is 14.3 Å². The lowest BCUT2D eigenvalue weighted by molar-refractivity contribution is -0.0504. The van der Waals surface area contributed by atoms with Crippen LogP contribution in [-0.4, -0.2) is 54.2 Å². The van der Waals surface area contributed by atoms with Crippen LogP contribution in [-0.2, 0) is 4.74 Å². The minimum atomic E-state index is -2.62. The first kappa shape index (κ1) is 14.5. The second-order valence-corrected chi connectivity index (χ2v) is 4.84. The van der Waals surface area contributed by atoms with Gasteiger partial charge in [0.15, 0.2) is 17.4 Å². The van der Waals surface area contributed by atoms with Gasteiger partial charge < -0.3 is 20.7 Å². The fraction of sp³-hybridized carbons (Fsp3) is 0.417. The van der Waals surface area contributed by atoms with Crippen molar-refractivity contribution in [3.8, 4) is 12.3 Å². The molecule has 0 spiro atoms. The maximum atomic E-state index is 14.9. The highest BCUT2D eigenvalue weighted by molar-refractivity contribution is 5.70. The molecule has 116 valence electrons. The van der Waals surface area contributed by atoms with Crippen molar-refractivity contribution in [3.05, 3.63) is 16.7 Å². The van der Waals surface area contributed by atoms with Crippen molar-refractivity contribution in [2.45, 2.75) is 24.1 Å². The van der Waals surface area contributed by atoms with Crippen molar-refractivity contribution < 1.29 is 19.3 Å². The second-order valence-electron chi connectivity index (χ2n) is 4.84. The van der Waals surface area contributed by atoms with Gasteiger partial charge in [0.05, 0.1) is 12.9 Å². The van der Waals surface area contributed by atoms with E-state index in [9.17, 15) is 14.3 Å². The van der Waals surface area contributed by atoms with E-state index in [1.165, 1.54) is 0 Å². The maximum absolute atomic E-state index is 14.9. The lowest BCUT2D eigenvalue weighted by Crippen LogP contribution is -2.42. The number of hydrogen-bond donors (Lipinski definition) is 4. The third-order valence-electron chi connectivity index (χ3n) is 3.55. The van der Waals surface area contributed by atoms with Crippen LogP contribution >= 0.6 is 0 Å². The van der Waals surface area contributed by atoms with E-state index >= 15 is 0 Å². The summed E-state index contributed by atoms with van der Waals surface area (Å²) >= 11 is 0. The molecule has 1 aliphatic rings. The summed E-state index contributed by atoms with van der Waals surface area (Å²) in [7, 11) is 0. The van der Waals surface area contributed by atoms with Crippen molar-refractivity contribution in [3.63, 3.8) is 0 Å². The Hall–Kier alpha value is -2.48. The van der Waals surface area contributed by atoms with Gasteiger partial charge in [-0.25, -0.2) is 9.37 Å². The van der Waals surface area contributed by atoms with Crippen molar-refractivity contribution in [2.24, 2.45) is 0 Å². The Labute approximate surface area is 122 Å². The fourth-order valence-electron chi connectivity index (χ4n) is 2.44. The van der Waals surface area contributed by atoms with Gasteiger partial charge in [0.1, 0.15) is 12.2 Å². The van der Waals surface area contributed by atoms with Crippen molar-refractivity contribution in [1.82, 2.24) is 19.5 Å². The summed E-state index contributed by atoms with van der Waals surface area (Å²) in [6, 6.07) is 0. The monoisotopic (exact) mass is 309 g/mol.